The Bertz CT molecular complexity index is 616. The van der Waals surface area contributed by atoms with E-state index < -0.39 is 4.92 Å². The fourth-order valence-electron chi connectivity index (χ4n) is 1.67. The van der Waals surface area contributed by atoms with Crippen LogP contribution in [-0.4, -0.2) is 20.0 Å². The number of aromatic amines is 1. The van der Waals surface area contributed by atoms with Crippen molar-refractivity contribution in [2.75, 3.05) is 0 Å². The van der Waals surface area contributed by atoms with Gasteiger partial charge in [-0.2, -0.15) is 0 Å². The molecule has 0 amide bonds. The molecule has 2 rings (SSSR count). The van der Waals surface area contributed by atoms with Gasteiger partial charge in [0.05, 0.1) is 21.7 Å². The summed E-state index contributed by atoms with van der Waals surface area (Å²) in [6.07, 6.45) is 2.70. The molecule has 0 aliphatic carbocycles. The van der Waals surface area contributed by atoms with Gasteiger partial charge in [-0.1, -0.05) is 0 Å². The molecule has 2 N–H and O–H groups in total. The highest BCUT2D eigenvalue weighted by atomic mass is 16.6. The van der Waals surface area contributed by atoms with Crippen molar-refractivity contribution in [3.8, 4) is 0 Å². The molecule has 0 radical (unpaired) electrons. The molecule has 1 heterocycles. The van der Waals surface area contributed by atoms with Crippen molar-refractivity contribution in [2.45, 2.75) is 19.8 Å². The average molecular weight is 247 g/mol. The lowest BCUT2D eigenvalue weighted by molar-refractivity contribution is -0.384. The van der Waals surface area contributed by atoms with E-state index in [0.29, 0.717) is 35.5 Å². The molecule has 0 fully saturated rings. The summed E-state index contributed by atoms with van der Waals surface area (Å²) in [4.78, 5) is 17.5. The Hall–Kier alpha value is -2.37. The average Bonchev–Trinajstić information content (AvgIpc) is 2.77. The van der Waals surface area contributed by atoms with Crippen LogP contribution in [-0.2, 0) is 6.42 Å². The van der Waals surface area contributed by atoms with Crippen LogP contribution in [0.4, 0.5) is 5.69 Å². The third kappa shape index (κ3) is 2.48. The van der Waals surface area contributed by atoms with Crippen LogP contribution >= 0.6 is 0 Å². The molecule has 94 valence electrons. The number of imidazole rings is 1. The predicted octanol–water partition coefficient (Wildman–Crippen LogP) is 2.87. The SMILES string of the molecule is C/C=C(\O)CCc1nc2ccc([N+](=O)[O-])cc2[nH]1. The first-order valence-electron chi connectivity index (χ1n) is 5.57. The fraction of sp³-hybridized carbons (Fsp3) is 0.250. The largest absolute Gasteiger partial charge is 0.513 e. The molecule has 0 aliphatic rings. The van der Waals surface area contributed by atoms with Gasteiger partial charge in [-0.3, -0.25) is 10.1 Å². The Labute approximate surface area is 103 Å². The minimum absolute atomic E-state index is 0.0361. The van der Waals surface area contributed by atoms with E-state index in [9.17, 15) is 15.2 Å². The van der Waals surface area contributed by atoms with Crippen LogP contribution in [0.15, 0.2) is 30.0 Å². The van der Waals surface area contributed by atoms with Gasteiger partial charge in [0.1, 0.15) is 5.82 Å². The second-order valence-corrected chi connectivity index (χ2v) is 3.92. The number of H-pyrrole nitrogens is 1. The van der Waals surface area contributed by atoms with Gasteiger partial charge in [0, 0.05) is 25.0 Å². The van der Waals surface area contributed by atoms with Crippen LogP contribution in [0.2, 0.25) is 0 Å². The Balaban J connectivity index is 2.24. The lowest BCUT2D eigenvalue weighted by atomic mass is 10.2. The lowest BCUT2D eigenvalue weighted by Gasteiger charge is -1.95. The van der Waals surface area contributed by atoms with Crippen LogP contribution < -0.4 is 0 Å². The van der Waals surface area contributed by atoms with Crippen molar-refractivity contribution in [3.63, 3.8) is 0 Å². The first-order chi connectivity index (χ1) is 8.60. The van der Waals surface area contributed by atoms with E-state index in [1.165, 1.54) is 12.1 Å². The summed E-state index contributed by atoms with van der Waals surface area (Å²) in [7, 11) is 0. The number of non-ortho nitro benzene ring substituents is 1. The van der Waals surface area contributed by atoms with E-state index in [0.717, 1.165) is 0 Å². The van der Waals surface area contributed by atoms with Gasteiger partial charge in [-0.05, 0) is 19.1 Å². The molecule has 2 aromatic rings. The molecule has 6 heteroatoms. The second kappa shape index (κ2) is 4.87. The monoisotopic (exact) mass is 247 g/mol. The molecule has 0 bridgehead atoms. The molecule has 0 atom stereocenters. The Kier molecular flexibility index (Phi) is 3.27. The number of aliphatic hydroxyl groups excluding tert-OH is 1. The number of nitro groups is 1. The van der Waals surface area contributed by atoms with E-state index in [2.05, 4.69) is 9.97 Å². The first-order valence-corrected chi connectivity index (χ1v) is 5.57. The smallest absolute Gasteiger partial charge is 0.271 e. The summed E-state index contributed by atoms with van der Waals surface area (Å²) in [5, 5.41) is 20.0. The predicted molar refractivity (Wildman–Crippen MR) is 67.5 cm³/mol. The topological polar surface area (TPSA) is 92.1 Å². The molecule has 0 aliphatic heterocycles. The highest BCUT2D eigenvalue weighted by Gasteiger charge is 2.09. The summed E-state index contributed by atoms with van der Waals surface area (Å²) in [5.41, 5.74) is 1.36. The quantitative estimate of drug-likeness (QED) is 0.493. The number of allylic oxidation sites excluding steroid dienone is 2. The molecule has 0 saturated carbocycles. The number of nitrogens with one attached hydrogen (secondary N) is 1. The van der Waals surface area contributed by atoms with Gasteiger partial charge in [0.25, 0.3) is 5.69 Å². The van der Waals surface area contributed by atoms with Gasteiger partial charge in [0.15, 0.2) is 0 Å². The summed E-state index contributed by atoms with van der Waals surface area (Å²) in [5.74, 6) is 1.01. The fourth-order valence-corrected chi connectivity index (χ4v) is 1.67. The Morgan fingerprint density at radius 1 is 1.61 bits per heavy atom. The molecule has 1 aromatic heterocycles. The number of aliphatic hydroxyl groups is 1. The first kappa shape index (κ1) is 12.1. The zero-order chi connectivity index (χ0) is 13.1. The van der Waals surface area contributed by atoms with E-state index in [1.807, 2.05) is 0 Å². The van der Waals surface area contributed by atoms with Gasteiger partial charge >= 0.3 is 0 Å². The number of rotatable bonds is 4. The molecular weight excluding hydrogens is 234 g/mol. The van der Waals surface area contributed by atoms with Crippen molar-refractivity contribution in [3.05, 3.63) is 46.0 Å². The van der Waals surface area contributed by atoms with Crippen LogP contribution in [0.5, 0.6) is 0 Å². The van der Waals surface area contributed by atoms with E-state index in [1.54, 1.807) is 19.1 Å². The maximum atomic E-state index is 10.6. The number of hydrogen-bond donors (Lipinski definition) is 2. The zero-order valence-electron chi connectivity index (χ0n) is 9.88. The highest BCUT2D eigenvalue weighted by Crippen LogP contribution is 2.19. The van der Waals surface area contributed by atoms with Crippen LogP contribution in [0.25, 0.3) is 11.0 Å². The molecular formula is C12H13N3O3. The maximum Gasteiger partial charge on any atom is 0.271 e. The Morgan fingerprint density at radius 2 is 2.39 bits per heavy atom. The van der Waals surface area contributed by atoms with Crippen molar-refractivity contribution in [1.82, 2.24) is 9.97 Å². The van der Waals surface area contributed by atoms with Crippen LogP contribution in [0, 0.1) is 10.1 Å². The number of aromatic nitrogens is 2. The number of nitrogens with zero attached hydrogens (tertiary/aromatic N) is 2. The van der Waals surface area contributed by atoms with Crippen molar-refractivity contribution >= 4 is 16.7 Å². The number of nitro benzene ring substituents is 1. The summed E-state index contributed by atoms with van der Waals surface area (Å²) in [6.45, 7) is 1.76. The highest BCUT2D eigenvalue weighted by molar-refractivity contribution is 5.77. The summed E-state index contributed by atoms with van der Waals surface area (Å²) in [6, 6.07) is 4.50. The number of hydrogen-bond acceptors (Lipinski definition) is 4. The summed E-state index contributed by atoms with van der Waals surface area (Å²) >= 11 is 0. The molecule has 0 saturated heterocycles. The maximum absolute atomic E-state index is 10.6. The zero-order valence-corrected chi connectivity index (χ0v) is 9.88. The third-order valence-corrected chi connectivity index (χ3v) is 2.68. The number of benzene rings is 1. The van der Waals surface area contributed by atoms with Crippen LogP contribution in [0.1, 0.15) is 19.2 Å². The molecule has 6 nitrogen and oxygen atoms in total. The summed E-state index contributed by atoms with van der Waals surface area (Å²) < 4.78 is 0. The van der Waals surface area contributed by atoms with Crippen molar-refractivity contribution in [2.24, 2.45) is 0 Å². The number of aryl methyl sites for hydroxylation is 1. The molecule has 18 heavy (non-hydrogen) atoms. The van der Waals surface area contributed by atoms with Crippen molar-refractivity contribution in [1.29, 1.82) is 0 Å². The Morgan fingerprint density at radius 3 is 3.06 bits per heavy atom. The second-order valence-electron chi connectivity index (χ2n) is 3.92. The van der Waals surface area contributed by atoms with E-state index in [4.69, 9.17) is 0 Å². The minimum Gasteiger partial charge on any atom is -0.513 e. The van der Waals surface area contributed by atoms with Gasteiger partial charge in [-0.25, -0.2) is 4.98 Å². The third-order valence-electron chi connectivity index (χ3n) is 2.68. The minimum atomic E-state index is -0.439. The lowest BCUT2D eigenvalue weighted by Crippen LogP contribution is -1.90. The van der Waals surface area contributed by atoms with Crippen molar-refractivity contribution < 1.29 is 10.0 Å². The molecule has 0 unspecified atom stereocenters. The van der Waals surface area contributed by atoms with Gasteiger partial charge in [-0.15, -0.1) is 0 Å². The number of fused-ring (bicyclic) bond motifs is 1. The standard InChI is InChI=1S/C12H13N3O3/c1-2-9(16)4-6-12-13-10-5-3-8(15(17)18)7-11(10)14-12/h2-3,5,7,16H,4,6H2,1H3,(H,13,14)/b9-2-. The van der Waals surface area contributed by atoms with Crippen LogP contribution in [0.3, 0.4) is 0 Å². The van der Waals surface area contributed by atoms with Gasteiger partial charge in [0.2, 0.25) is 0 Å². The molecule has 1 aromatic carbocycles. The van der Waals surface area contributed by atoms with E-state index in [-0.39, 0.29) is 5.69 Å². The molecule has 0 spiro atoms. The normalized spacial score (nSPS) is 11.9. The van der Waals surface area contributed by atoms with E-state index >= 15 is 0 Å². The van der Waals surface area contributed by atoms with Gasteiger partial charge < -0.3 is 10.1 Å².